The molecular weight excluding hydrogens is 410 g/mol. The van der Waals surface area contributed by atoms with Crippen LogP contribution in [0.5, 0.6) is 0 Å². The third kappa shape index (κ3) is 4.63. The van der Waals surface area contributed by atoms with Crippen molar-refractivity contribution in [2.75, 3.05) is 31.6 Å². The number of thiazole rings is 1. The quantitative estimate of drug-likeness (QED) is 0.764. The summed E-state index contributed by atoms with van der Waals surface area (Å²) in [5.74, 6) is -1.52. The van der Waals surface area contributed by atoms with E-state index in [0.717, 1.165) is 18.7 Å². The molecule has 1 aromatic heterocycles. The lowest BCUT2D eigenvalue weighted by Crippen LogP contribution is -2.35. The highest BCUT2D eigenvalue weighted by Crippen LogP contribution is 2.21. The van der Waals surface area contributed by atoms with Gasteiger partial charge in [-0.25, -0.2) is 9.78 Å². The van der Waals surface area contributed by atoms with Gasteiger partial charge in [0.05, 0.1) is 24.5 Å². The molecule has 1 amide bonds. The van der Waals surface area contributed by atoms with Crippen molar-refractivity contribution < 1.29 is 19.4 Å². The molecule has 2 aromatic rings. The summed E-state index contributed by atoms with van der Waals surface area (Å²) in [7, 11) is 0. The van der Waals surface area contributed by atoms with Gasteiger partial charge in [-0.3, -0.25) is 9.69 Å². The molecule has 2 heterocycles. The highest BCUT2D eigenvalue weighted by atomic mass is 79.9. The van der Waals surface area contributed by atoms with E-state index in [4.69, 9.17) is 4.74 Å². The Kier molecular flexibility index (Phi) is 5.79. The van der Waals surface area contributed by atoms with Gasteiger partial charge >= 0.3 is 5.97 Å². The monoisotopic (exact) mass is 425 g/mol. The van der Waals surface area contributed by atoms with Crippen LogP contribution in [0, 0.1) is 0 Å². The Bertz CT molecular complexity index is 789. The number of anilines is 1. The molecule has 25 heavy (non-hydrogen) atoms. The van der Waals surface area contributed by atoms with Crippen molar-refractivity contribution in [1.82, 2.24) is 9.88 Å². The minimum absolute atomic E-state index is 0.0633. The summed E-state index contributed by atoms with van der Waals surface area (Å²) in [5, 5.41) is 13.7. The summed E-state index contributed by atoms with van der Waals surface area (Å²) < 4.78 is 5.91. The molecule has 1 fully saturated rings. The van der Waals surface area contributed by atoms with Gasteiger partial charge in [-0.15, -0.1) is 11.3 Å². The second-order valence-corrected chi connectivity index (χ2v) is 7.65. The maximum atomic E-state index is 12.2. The van der Waals surface area contributed by atoms with Gasteiger partial charge in [-0.05, 0) is 33.6 Å². The Hall–Kier alpha value is -1.81. The van der Waals surface area contributed by atoms with Crippen molar-refractivity contribution in [2.45, 2.75) is 6.54 Å². The second kappa shape index (κ2) is 8.05. The molecule has 2 N–H and O–H groups in total. The maximum Gasteiger partial charge on any atom is 0.337 e. The smallest absolute Gasteiger partial charge is 0.337 e. The standard InChI is InChI=1S/C16H16BrN3O4S/c17-16-19-13(9-25-16)14(21)18-12-2-1-10(7-11(12)15(22)23)8-20-3-5-24-6-4-20/h1-2,7,9H,3-6,8H2,(H,18,21)(H,22,23). The summed E-state index contributed by atoms with van der Waals surface area (Å²) >= 11 is 4.49. The molecular formula is C16H16BrN3O4S. The third-order valence-electron chi connectivity index (χ3n) is 3.78. The van der Waals surface area contributed by atoms with Crippen LogP contribution < -0.4 is 5.32 Å². The number of nitrogens with zero attached hydrogens (tertiary/aromatic N) is 2. The first-order chi connectivity index (χ1) is 12.0. The van der Waals surface area contributed by atoms with Gasteiger partial charge in [0.2, 0.25) is 0 Å². The lowest BCUT2D eigenvalue weighted by molar-refractivity contribution is 0.0341. The molecule has 1 aliphatic rings. The predicted molar refractivity (Wildman–Crippen MR) is 97.3 cm³/mol. The molecule has 132 valence electrons. The summed E-state index contributed by atoms with van der Waals surface area (Å²) in [6, 6.07) is 5.05. The molecule has 0 atom stereocenters. The summed E-state index contributed by atoms with van der Waals surface area (Å²) in [6.45, 7) is 3.66. The van der Waals surface area contributed by atoms with Crippen LogP contribution in [0.25, 0.3) is 0 Å². The zero-order valence-electron chi connectivity index (χ0n) is 13.2. The Balaban J connectivity index is 1.77. The van der Waals surface area contributed by atoms with Gasteiger partial charge in [0.15, 0.2) is 3.92 Å². The van der Waals surface area contributed by atoms with E-state index in [0.29, 0.717) is 23.7 Å². The molecule has 7 nitrogen and oxygen atoms in total. The van der Waals surface area contributed by atoms with Gasteiger partial charge in [-0.1, -0.05) is 6.07 Å². The summed E-state index contributed by atoms with van der Waals surface area (Å²) in [5.41, 5.74) is 1.44. The number of benzene rings is 1. The SMILES string of the molecule is O=C(Nc1ccc(CN2CCOCC2)cc1C(=O)O)c1csc(Br)n1. The van der Waals surface area contributed by atoms with Crippen molar-refractivity contribution in [1.29, 1.82) is 0 Å². The van der Waals surface area contributed by atoms with Gasteiger partial charge in [0.1, 0.15) is 5.69 Å². The summed E-state index contributed by atoms with van der Waals surface area (Å²) in [6.07, 6.45) is 0. The first-order valence-corrected chi connectivity index (χ1v) is 9.29. The van der Waals surface area contributed by atoms with E-state index in [9.17, 15) is 14.7 Å². The molecule has 1 aromatic carbocycles. The van der Waals surface area contributed by atoms with E-state index < -0.39 is 11.9 Å². The van der Waals surface area contributed by atoms with Crippen molar-refractivity contribution in [2.24, 2.45) is 0 Å². The zero-order valence-corrected chi connectivity index (χ0v) is 15.6. The number of carbonyl (C=O) groups is 2. The lowest BCUT2D eigenvalue weighted by Gasteiger charge is -2.26. The van der Waals surface area contributed by atoms with Gasteiger partial charge in [0.25, 0.3) is 5.91 Å². The molecule has 1 aliphatic heterocycles. The number of hydrogen-bond acceptors (Lipinski definition) is 6. The van der Waals surface area contributed by atoms with Crippen LogP contribution in [-0.2, 0) is 11.3 Å². The molecule has 0 spiro atoms. The number of ether oxygens (including phenoxy) is 1. The Labute approximate surface area is 156 Å². The highest BCUT2D eigenvalue weighted by molar-refractivity contribution is 9.11. The van der Waals surface area contributed by atoms with E-state index in [-0.39, 0.29) is 16.9 Å². The third-order valence-corrected chi connectivity index (χ3v) is 5.15. The first kappa shape index (κ1) is 18.0. The number of halogens is 1. The van der Waals surface area contributed by atoms with Crippen molar-refractivity contribution in [3.63, 3.8) is 0 Å². The predicted octanol–water partition coefficient (Wildman–Crippen LogP) is 2.69. The number of aromatic carboxylic acids is 1. The topological polar surface area (TPSA) is 91.8 Å². The minimum atomic E-state index is -1.08. The van der Waals surface area contributed by atoms with Crippen LogP contribution in [-0.4, -0.2) is 53.2 Å². The van der Waals surface area contributed by atoms with E-state index >= 15 is 0 Å². The number of nitrogens with one attached hydrogen (secondary N) is 1. The van der Waals surface area contributed by atoms with E-state index in [1.54, 1.807) is 17.5 Å². The fourth-order valence-corrected chi connectivity index (χ4v) is 3.53. The Morgan fingerprint density at radius 2 is 2.12 bits per heavy atom. The van der Waals surface area contributed by atoms with Crippen LogP contribution in [0.1, 0.15) is 26.4 Å². The largest absolute Gasteiger partial charge is 0.478 e. The normalized spacial score (nSPS) is 15.1. The molecule has 9 heteroatoms. The van der Waals surface area contributed by atoms with Gasteiger partial charge in [0, 0.05) is 25.0 Å². The molecule has 0 radical (unpaired) electrons. The van der Waals surface area contributed by atoms with E-state index in [2.05, 4.69) is 31.1 Å². The Morgan fingerprint density at radius 3 is 2.76 bits per heavy atom. The number of carboxylic acid groups (broad SMARTS) is 1. The first-order valence-electron chi connectivity index (χ1n) is 7.61. The van der Waals surface area contributed by atoms with E-state index in [1.807, 2.05) is 6.07 Å². The minimum Gasteiger partial charge on any atom is -0.478 e. The van der Waals surface area contributed by atoms with Crippen LogP contribution in [0.2, 0.25) is 0 Å². The number of carbonyl (C=O) groups excluding carboxylic acids is 1. The molecule has 0 saturated carbocycles. The van der Waals surface area contributed by atoms with Crippen molar-refractivity contribution >= 4 is 44.8 Å². The van der Waals surface area contributed by atoms with Gasteiger partial charge in [-0.2, -0.15) is 0 Å². The number of aromatic nitrogens is 1. The number of amides is 1. The molecule has 0 unspecified atom stereocenters. The average Bonchev–Trinajstić information content (AvgIpc) is 3.03. The molecule has 3 rings (SSSR count). The maximum absolute atomic E-state index is 12.2. The van der Waals surface area contributed by atoms with Crippen molar-refractivity contribution in [3.8, 4) is 0 Å². The highest BCUT2D eigenvalue weighted by Gasteiger charge is 2.17. The average molecular weight is 426 g/mol. The Morgan fingerprint density at radius 1 is 1.36 bits per heavy atom. The fraction of sp³-hybridized carbons (Fsp3) is 0.312. The van der Waals surface area contributed by atoms with Crippen LogP contribution in [0.4, 0.5) is 5.69 Å². The fourth-order valence-electron chi connectivity index (χ4n) is 2.54. The second-order valence-electron chi connectivity index (χ2n) is 5.51. The van der Waals surface area contributed by atoms with Crippen LogP contribution in [0.3, 0.4) is 0 Å². The number of rotatable bonds is 5. The lowest BCUT2D eigenvalue weighted by atomic mass is 10.1. The molecule has 0 aliphatic carbocycles. The molecule has 0 bridgehead atoms. The van der Waals surface area contributed by atoms with Gasteiger partial charge < -0.3 is 15.2 Å². The number of morpholine rings is 1. The number of carboxylic acids is 1. The van der Waals surface area contributed by atoms with Crippen molar-refractivity contribution in [3.05, 3.63) is 44.3 Å². The molecule has 1 saturated heterocycles. The van der Waals surface area contributed by atoms with E-state index in [1.165, 1.54) is 11.3 Å². The zero-order chi connectivity index (χ0) is 17.8. The number of hydrogen-bond donors (Lipinski definition) is 2. The van der Waals surface area contributed by atoms with Crippen LogP contribution >= 0.6 is 27.3 Å². The summed E-state index contributed by atoms with van der Waals surface area (Å²) in [4.78, 5) is 30.0. The van der Waals surface area contributed by atoms with Crippen LogP contribution in [0.15, 0.2) is 27.5 Å².